The number of benzene rings is 3. The molecule has 0 aliphatic heterocycles. The molecule has 0 aliphatic rings. The Balaban J connectivity index is 2.13. The van der Waals surface area contributed by atoms with Crippen LogP contribution >= 0.6 is 7.92 Å². The smallest absolute Gasteiger partial charge is 0.342 e. The third kappa shape index (κ3) is 4.39. The van der Waals surface area contributed by atoms with Crippen molar-refractivity contribution in [3.05, 3.63) is 90.5 Å². The Bertz CT molecular complexity index is 828. The molecule has 0 spiro atoms. The number of hydrogen-bond acceptors (Lipinski definition) is 2. The molecule has 0 bridgehead atoms. The van der Waals surface area contributed by atoms with Crippen molar-refractivity contribution in [2.75, 3.05) is 0 Å². The summed E-state index contributed by atoms with van der Waals surface area (Å²) in [5, 5.41) is 3.56. The summed E-state index contributed by atoms with van der Waals surface area (Å²) in [5.41, 5.74) is 0.139. The summed E-state index contributed by atoms with van der Waals surface area (Å²) < 4.78 is 5.66. The van der Waals surface area contributed by atoms with Gasteiger partial charge in [-0.2, -0.15) is 0 Å². The molecule has 0 aromatic heterocycles. The number of carbonyl (C=O) groups excluding carboxylic acids is 1. The van der Waals surface area contributed by atoms with Crippen molar-refractivity contribution in [1.82, 2.24) is 0 Å². The highest BCUT2D eigenvalue weighted by molar-refractivity contribution is 7.80. The summed E-state index contributed by atoms with van der Waals surface area (Å²) in [6.45, 7) is 5.69. The molecule has 3 heteroatoms. The van der Waals surface area contributed by atoms with E-state index in [9.17, 15) is 4.79 Å². The molecule has 3 aromatic rings. The van der Waals surface area contributed by atoms with Gasteiger partial charge in [0.15, 0.2) is 0 Å². The van der Waals surface area contributed by atoms with E-state index in [2.05, 4.69) is 54.6 Å². The second-order valence-electron chi connectivity index (χ2n) is 7.15. The van der Waals surface area contributed by atoms with Gasteiger partial charge in [-0.1, -0.05) is 48.5 Å². The van der Waals surface area contributed by atoms with Crippen molar-refractivity contribution in [3.8, 4) is 0 Å². The molecule has 0 radical (unpaired) electrons. The van der Waals surface area contributed by atoms with E-state index in [0.717, 1.165) is 5.30 Å². The molecule has 132 valence electrons. The lowest BCUT2D eigenvalue weighted by Crippen LogP contribution is -2.29. The van der Waals surface area contributed by atoms with Crippen LogP contribution in [0.1, 0.15) is 31.1 Å². The predicted octanol–water partition coefficient (Wildman–Crippen LogP) is 4.13. The lowest BCUT2D eigenvalue weighted by Gasteiger charge is -2.21. The van der Waals surface area contributed by atoms with Crippen molar-refractivity contribution in [2.45, 2.75) is 26.4 Å². The number of carbonyl (C=O) groups is 1. The summed E-state index contributed by atoms with van der Waals surface area (Å²) in [5.74, 6) is -0.262. The maximum Gasteiger partial charge on any atom is 0.342 e. The monoisotopic (exact) mass is 363 g/mol. The van der Waals surface area contributed by atoms with E-state index in [1.807, 2.05) is 51.1 Å². The second kappa shape index (κ2) is 7.85. The van der Waals surface area contributed by atoms with E-state index in [-0.39, 0.29) is 5.97 Å². The molecule has 0 saturated carbocycles. The van der Waals surface area contributed by atoms with Gasteiger partial charge in [0.1, 0.15) is 27.1 Å². The Hall–Kier alpha value is -2.44. The van der Waals surface area contributed by atoms with Crippen LogP contribution in [0.25, 0.3) is 0 Å². The lowest BCUT2D eigenvalue weighted by molar-refractivity contribution is 0.00712. The van der Waals surface area contributed by atoms with E-state index in [1.54, 1.807) is 0 Å². The third-order valence-corrected chi connectivity index (χ3v) is 6.74. The highest BCUT2D eigenvalue weighted by Crippen LogP contribution is 2.34. The average Bonchev–Trinajstić information content (AvgIpc) is 2.63. The van der Waals surface area contributed by atoms with Gasteiger partial charge in [0, 0.05) is 0 Å². The molecule has 0 N–H and O–H groups in total. The van der Waals surface area contributed by atoms with Crippen LogP contribution in [-0.2, 0) is 4.74 Å². The topological polar surface area (TPSA) is 26.3 Å². The average molecular weight is 363 g/mol. The quantitative estimate of drug-likeness (QED) is 0.515. The minimum atomic E-state index is -1.31. The molecule has 0 unspecified atom stereocenters. The van der Waals surface area contributed by atoms with Crippen LogP contribution in [0, 0.1) is 0 Å². The zero-order valence-electron chi connectivity index (χ0n) is 15.4. The lowest BCUT2D eigenvalue weighted by atomic mass is 10.1. The molecule has 0 amide bonds. The van der Waals surface area contributed by atoms with E-state index in [0.29, 0.717) is 5.56 Å². The van der Waals surface area contributed by atoms with Gasteiger partial charge in [-0.25, -0.2) is 4.79 Å². The fourth-order valence-corrected chi connectivity index (χ4v) is 5.62. The maximum absolute atomic E-state index is 12.8. The summed E-state index contributed by atoms with van der Waals surface area (Å²) in [4.78, 5) is 12.8. The van der Waals surface area contributed by atoms with Crippen LogP contribution in [0.3, 0.4) is 0 Å². The molecule has 26 heavy (non-hydrogen) atoms. The molecular weight excluding hydrogens is 339 g/mol. The van der Waals surface area contributed by atoms with Gasteiger partial charge in [-0.15, -0.1) is 0 Å². The van der Waals surface area contributed by atoms with Crippen molar-refractivity contribution < 1.29 is 9.53 Å². The molecule has 0 heterocycles. The summed E-state index contributed by atoms with van der Waals surface area (Å²) >= 11 is 0. The number of rotatable bonds is 4. The molecule has 0 atom stereocenters. The molecule has 0 fully saturated rings. The second-order valence-corrected chi connectivity index (χ2v) is 9.60. The Labute approximate surface area is 156 Å². The molecular formula is C23H24O2P+. The molecule has 0 aliphatic carbocycles. The predicted molar refractivity (Wildman–Crippen MR) is 112 cm³/mol. The molecule has 0 saturated heterocycles. The van der Waals surface area contributed by atoms with Crippen LogP contribution < -0.4 is 15.9 Å². The SMILES string of the molecule is CC(C)(C)OC(=O)c1ccccc1[PH+](c1ccccc1)c1ccccc1. The fourth-order valence-electron chi connectivity index (χ4n) is 2.90. The number of esters is 1. The van der Waals surface area contributed by atoms with Gasteiger partial charge in [0.2, 0.25) is 0 Å². The Morgan fingerprint density at radius 2 is 1.19 bits per heavy atom. The minimum Gasteiger partial charge on any atom is -0.456 e. The van der Waals surface area contributed by atoms with Gasteiger partial charge in [0.25, 0.3) is 0 Å². The van der Waals surface area contributed by atoms with Crippen molar-refractivity contribution in [1.29, 1.82) is 0 Å². The van der Waals surface area contributed by atoms with Crippen molar-refractivity contribution >= 4 is 29.8 Å². The van der Waals surface area contributed by atoms with E-state index in [1.165, 1.54) is 10.6 Å². The first-order chi connectivity index (χ1) is 12.5. The maximum atomic E-state index is 12.8. The number of hydrogen-bond donors (Lipinski definition) is 0. The van der Waals surface area contributed by atoms with Gasteiger partial charge in [0.05, 0.1) is 7.92 Å². The standard InChI is InChI=1S/C23H23O2P/c1-23(2,3)25-22(24)20-16-10-11-17-21(20)26(18-12-6-4-7-13-18)19-14-8-5-9-15-19/h4-17H,1-3H3/p+1. The van der Waals surface area contributed by atoms with Gasteiger partial charge in [-0.3, -0.25) is 0 Å². The molecule has 2 nitrogen and oxygen atoms in total. The minimum absolute atomic E-state index is 0.262. The normalized spacial score (nSPS) is 11.4. The summed E-state index contributed by atoms with van der Waals surface area (Å²) in [6, 6.07) is 28.7. The Kier molecular flexibility index (Phi) is 5.54. The molecule has 3 rings (SSSR count). The highest BCUT2D eigenvalue weighted by Gasteiger charge is 2.31. The number of ether oxygens (including phenoxy) is 1. The Morgan fingerprint density at radius 1 is 0.731 bits per heavy atom. The van der Waals surface area contributed by atoms with Crippen molar-refractivity contribution in [2.24, 2.45) is 0 Å². The summed E-state index contributed by atoms with van der Waals surface area (Å²) in [7, 11) is -1.31. The summed E-state index contributed by atoms with van der Waals surface area (Å²) in [6.07, 6.45) is 0. The van der Waals surface area contributed by atoms with E-state index < -0.39 is 13.5 Å². The van der Waals surface area contributed by atoms with Crippen LogP contribution in [0.2, 0.25) is 0 Å². The van der Waals surface area contributed by atoms with E-state index >= 15 is 0 Å². The van der Waals surface area contributed by atoms with Gasteiger partial charge in [-0.05, 0) is 57.2 Å². The van der Waals surface area contributed by atoms with Crippen LogP contribution in [-0.4, -0.2) is 11.6 Å². The highest BCUT2D eigenvalue weighted by atomic mass is 31.1. The zero-order valence-corrected chi connectivity index (χ0v) is 16.4. The largest absolute Gasteiger partial charge is 0.456 e. The van der Waals surface area contributed by atoms with Crippen LogP contribution in [0.15, 0.2) is 84.9 Å². The third-order valence-electron chi connectivity index (χ3n) is 3.94. The first-order valence-corrected chi connectivity index (χ1v) is 10.3. The van der Waals surface area contributed by atoms with Crippen molar-refractivity contribution in [3.63, 3.8) is 0 Å². The first kappa shape index (κ1) is 18.4. The van der Waals surface area contributed by atoms with E-state index in [4.69, 9.17) is 4.74 Å². The fraction of sp³-hybridized carbons (Fsp3) is 0.174. The zero-order chi connectivity index (χ0) is 18.6. The first-order valence-electron chi connectivity index (χ1n) is 8.76. The van der Waals surface area contributed by atoms with Gasteiger partial charge < -0.3 is 4.74 Å². The van der Waals surface area contributed by atoms with Crippen LogP contribution in [0.4, 0.5) is 0 Å². The van der Waals surface area contributed by atoms with Crippen LogP contribution in [0.5, 0.6) is 0 Å². The molecule has 3 aromatic carbocycles. The van der Waals surface area contributed by atoms with Gasteiger partial charge >= 0.3 is 5.97 Å². The Morgan fingerprint density at radius 3 is 1.69 bits per heavy atom.